The van der Waals surface area contributed by atoms with E-state index in [1.807, 2.05) is 42.5 Å². The van der Waals surface area contributed by atoms with Gasteiger partial charge in [0.25, 0.3) is 11.8 Å². The second-order valence-corrected chi connectivity index (χ2v) is 7.82. The van der Waals surface area contributed by atoms with E-state index in [2.05, 4.69) is 5.32 Å². The van der Waals surface area contributed by atoms with Gasteiger partial charge < -0.3 is 15.0 Å². The summed E-state index contributed by atoms with van der Waals surface area (Å²) in [5.41, 5.74) is 1.65. The molecule has 4 rings (SSSR count). The molecule has 1 aliphatic rings. The molecule has 3 aromatic carbocycles. The fourth-order valence-electron chi connectivity index (χ4n) is 3.74. The molecule has 3 aromatic rings. The molecule has 0 aliphatic carbocycles. The van der Waals surface area contributed by atoms with Crippen LogP contribution in [0.15, 0.2) is 78.9 Å². The Hall–Kier alpha value is -3.67. The number of nitrogens with zero attached hydrogens (tertiary/aromatic N) is 1. The highest BCUT2D eigenvalue weighted by Crippen LogP contribution is 2.17. The molecular weight excluding hydrogens is 407 g/mol. The van der Waals surface area contributed by atoms with Crippen molar-refractivity contribution < 1.29 is 18.7 Å². The van der Waals surface area contributed by atoms with E-state index in [0.717, 1.165) is 11.3 Å². The van der Waals surface area contributed by atoms with Crippen LogP contribution in [0, 0.1) is 5.82 Å². The van der Waals surface area contributed by atoms with Gasteiger partial charge in [0.1, 0.15) is 18.2 Å². The summed E-state index contributed by atoms with van der Waals surface area (Å²) in [4.78, 5) is 26.8. The van der Waals surface area contributed by atoms with Crippen LogP contribution in [0.1, 0.15) is 39.1 Å². The van der Waals surface area contributed by atoms with E-state index in [9.17, 15) is 14.0 Å². The summed E-state index contributed by atoms with van der Waals surface area (Å²) in [6.07, 6.45) is 1.27. The molecule has 0 bridgehead atoms. The maximum Gasteiger partial charge on any atom is 0.256 e. The zero-order chi connectivity index (χ0) is 22.3. The second-order valence-electron chi connectivity index (χ2n) is 7.82. The molecule has 0 unspecified atom stereocenters. The first-order valence-electron chi connectivity index (χ1n) is 10.7. The first-order chi connectivity index (χ1) is 15.6. The fourth-order valence-corrected chi connectivity index (χ4v) is 3.74. The number of nitrogens with one attached hydrogen (secondary N) is 1. The summed E-state index contributed by atoms with van der Waals surface area (Å²) in [6, 6.07) is 22.9. The molecule has 2 amide bonds. The van der Waals surface area contributed by atoms with Gasteiger partial charge in [0.15, 0.2) is 0 Å². The average molecular weight is 432 g/mol. The van der Waals surface area contributed by atoms with E-state index in [1.54, 1.807) is 29.2 Å². The topological polar surface area (TPSA) is 58.6 Å². The first kappa shape index (κ1) is 21.6. The van der Waals surface area contributed by atoms with Crippen LogP contribution in [0.2, 0.25) is 0 Å². The number of para-hydroxylation sites is 1. The molecule has 1 saturated heterocycles. The van der Waals surface area contributed by atoms with Gasteiger partial charge in [0.2, 0.25) is 0 Å². The van der Waals surface area contributed by atoms with Crippen LogP contribution in [-0.2, 0) is 6.61 Å². The Morgan fingerprint density at radius 1 is 0.906 bits per heavy atom. The zero-order valence-corrected chi connectivity index (χ0v) is 17.7. The largest absolute Gasteiger partial charge is 0.489 e. The minimum absolute atomic E-state index is 0.0201. The molecular formula is C26H25FN2O3. The normalized spacial score (nSPS) is 14.1. The van der Waals surface area contributed by atoms with Gasteiger partial charge in [-0.25, -0.2) is 4.39 Å². The number of carbonyl (C=O) groups excluding carboxylic acids is 2. The number of amides is 2. The standard InChI is InChI=1S/C26H25FN2O3/c27-24-9-5-4-8-23(24)26(31)29-16-14-21(15-17-29)28-25(30)20-12-10-19(11-13-20)18-32-22-6-2-1-3-7-22/h1-13,21H,14-18H2,(H,28,30). The molecule has 6 heteroatoms. The van der Waals surface area contributed by atoms with Crippen LogP contribution < -0.4 is 10.1 Å². The van der Waals surface area contributed by atoms with E-state index in [0.29, 0.717) is 38.1 Å². The number of carbonyl (C=O) groups is 2. The fraction of sp³-hybridized carbons (Fsp3) is 0.231. The number of benzene rings is 3. The molecule has 1 heterocycles. The Labute approximate surface area is 186 Å². The molecule has 0 spiro atoms. The van der Waals surface area contributed by atoms with Crippen molar-refractivity contribution in [2.45, 2.75) is 25.5 Å². The van der Waals surface area contributed by atoms with Crippen molar-refractivity contribution in [3.8, 4) is 5.75 Å². The molecule has 0 atom stereocenters. The third kappa shape index (κ3) is 5.32. The van der Waals surface area contributed by atoms with E-state index in [1.165, 1.54) is 12.1 Å². The van der Waals surface area contributed by atoms with Gasteiger partial charge in [-0.2, -0.15) is 0 Å². The molecule has 1 N–H and O–H groups in total. The quantitative estimate of drug-likeness (QED) is 0.627. The molecule has 1 aliphatic heterocycles. The number of ether oxygens (including phenoxy) is 1. The van der Waals surface area contributed by atoms with E-state index < -0.39 is 5.82 Å². The highest BCUT2D eigenvalue weighted by atomic mass is 19.1. The number of likely N-dealkylation sites (tertiary alicyclic amines) is 1. The van der Waals surface area contributed by atoms with Crippen molar-refractivity contribution in [2.24, 2.45) is 0 Å². The van der Waals surface area contributed by atoms with Gasteiger partial charge in [-0.05, 0) is 54.8 Å². The summed E-state index contributed by atoms with van der Waals surface area (Å²) >= 11 is 0. The lowest BCUT2D eigenvalue weighted by Gasteiger charge is -2.32. The van der Waals surface area contributed by atoms with Crippen molar-refractivity contribution in [3.63, 3.8) is 0 Å². The van der Waals surface area contributed by atoms with E-state index >= 15 is 0 Å². The molecule has 32 heavy (non-hydrogen) atoms. The van der Waals surface area contributed by atoms with Crippen molar-refractivity contribution >= 4 is 11.8 Å². The minimum atomic E-state index is -0.509. The lowest BCUT2D eigenvalue weighted by molar-refractivity contribution is 0.0693. The van der Waals surface area contributed by atoms with E-state index in [-0.39, 0.29) is 23.4 Å². The molecule has 5 nitrogen and oxygen atoms in total. The van der Waals surface area contributed by atoms with Gasteiger partial charge in [0.05, 0.1) is 5.56 Å². The van der Waals surface area contributed by atoms with Crippen LogP contribution in [-0.4, -0.2) is 35.8 Å². The number of piperidine rings is 1. The van der Waals surface area contributed by atoms with Crippen LogP contribution in [0.25, 0.3) is 0 Å². The minimum Gasteiger partial charge on any atom is -0.489 e. The Kier molecular flexibility index (Phi) is 6.80. The van der Waals surface area contributed by atoms with Crippen LogP contribution >= 0.6 is 0 Å². The van der Waals surface area contributed by atoms with E-state index in [4.69, 9.17) is 4.74 Å². The maximum absolute atomic E-state index is 13.9. The summed E-state index contributed by atoms with van der Waals surface area (Å²) < 4.78 is 19.6. The number of halogens is 1. The molecule has 164 valence electrons. The third-order valence-electron chi connectivity index (χ3n) is 5.59. The van der Waals surface area contributed by atoms with Gasteiger partial charge >= 0.3 is 0 Å². The van der Waals surface area contributed by atoms with Crippen LogP contribution in [0.5, 0.6) is 5.75 Å². The molecule has 0 saturated carbocycles. The Morgan fingerprint density at radius 2 is 1.56 bits per heavy atom. The summed E-state index contributed by atoms with van der Waals surface area (Å²) in [7, 11) is 0. The Morgan fingerprint density at radius 3 is 2.25 bits per heavy atom. The summed E-state index contributed by atoms with van der Waals surface area (Å²) in [5, 5.41) is 3.04. The van der Waals surface area contributed by atoms with Crippen LogP contribution in [0.3, 0.4) is 0 Å². The average Bonchev–Trinajstić information content (AvgIpc) is 2.84. The van der Waals surface area contributed by atoms with Crippen molar-refractivity contribution in [2.75, 3.05) is 13.1 Å². The highest BCUT2D eigenvalue weighted by molar-refractivity contribution is 5.95. The number of hydrogen-bond acceptors (Lipinski definition) is 3. The van der Waals surface area contributed by atoms with Crippen molar-refractivity contribution in [3.05, 3.63) is 101 Å². The lowest BCUT2D eigenvalue weighted by atomic mass is 10.0. The summed E-state index contributed by atoms with van der Waals surface area (Å²) in [5.74, 6) is -0.153. The number of rotatable bonds is 6. The monoisotopic (exact) mass is 432 g/mol. The van der Waals surface area contributed by atoms with Crippen LogP contribution in [0.4, 0.5) is 4.39 Å². The van der Waals surface area contributed by atoms with Crippen molar-refractivity contribution in [1.29, 1.82) is 0 Å². The zero-order valence-electron chi connectivity index (χ0n) is 17.7. The smallest absolute Gasteiger partial charge is 0.256 e. The Bertz CT molecular complexity index is 1060. The number of hydrogen-bond donors (Lipinski definition) is 1. The lowest BCUT2D eigenvalue weighted by Crippen LogP contribution is -2.46. The molecule has 0 radical (unpaired) electrons. The molecule has 0 aromatic heterocycles. The highest BCUT2D eigenvalue weighted by Gasteiger charge is 2.26. The van der Waals surface area contributed by atoms with Gasteiger partial charge in [-0.1, -0.05) is 42.5 Å². The summed E-state index contributed by atoms with van der Waals surface area (Å²) in [6.45, 7) is 1.39. The van der Waals surface area contributed by atoms with Gasteiger partial charge in [0, 0.05) is 24.7 Å². The predicted molar refractivity (Wildman–Crippen MR) is 120 cm³/mol. The maximum atomic E-state index is 13.9. The van der Waals surface area contributed by atoms with Gasteiger partial charge in [-0.15, -0.1) is 0 Å². The van der Waals surface area contributed by atoms with Gasteiger partial charge in [-0.3, -0.25) is 9.59 Å². The third-order valence-corrected chi connectivity index (χ3v) is 5.59. The SMILES string of the molecule is O=C(NC1CCN(C(=O)c2ccccc2F)CC1)c1ccc(COc2ccccc2)cc1. The predicted octanol–water partition coefficient (Wildman–Crippen LogP) is 4.44. The van der Waals surface area contributed by atoms with Crippen molar-refractivity contribution in [1.82, 2.24) is 10.2 Å². The molecule has 1 fully saturated rings. The second kappa shape index (κ2) is 10.1. The Balaban J connectivity index is 1.26. The first-order valence-corrected chi connectivity index (χ1v) is 10.7.